The number of nitro groups is 1. The van der Waals surface area contributed by atoms with Gasteiger partial charge >= 0.3 is 0 Å². The molecule has 30 heavy (non-hydrogen) atoms. The fourth-order valence-corrected chi connectivity index (χ4v) is 2.40. The molecule has 2 aromatic carbocycles. The van der Waals surface area contributed by atoms with Gasteiger partial charge in [0, 0.05) is 28.8 Å². The zero-order valence-corrected chi connectivity index (χ0v) is 16.0. The molecule has 0 heterocycles. The van der Waals surface area contributed by atoms with E-state index < -0.39 is 35.4 Å². The fraction of sp³-hybridized carbons (Fsp3) is 0.182. The maximum atomic E-state index is 12.2. The Morgan fingerprint density at radius 2 is 1.73 bits per heavy atom. The molecule has 0 radical (unpaired) electrons. The zero-order chi connectivity index (χ0) is 22.1. The molecule has 0 aliphatic carbocycles. The van der Waals surface area contributed by atoms with Crippen LogP contribution in [0.4, 0.5) is 5.69 Å². The molecule has 0 aromatic heterocycles. The van der Waals surface area contributed by atoms with E-state index in [-0.39, 0.29) is 11.3 Å². The van der Waals surface area contributed by atoms with Crippen LogP contribution in [-0.2, 0) is 4.79 Å². The highest BCUT2D eigenvalue weighted by Crippen LogP contribution is 2.11. The molecule has 1 amide bonds. The van der Waals surface area contributed by atoms with E-state index in [1.54, 1.807) is 18.2 Å². The van der Waals surface area contributed by atoms with E-state index in [1.807, 2.05) is 0 Å². The van der Waals surface area contributed by atoms with Gasteiger partial charge in [-0.3, -0.25) is 19.7 Å². The summed E-state index contributed by atoms with van der Waals surface area (Å²) in [5.41, 5.74) is 1.25. The minimum Gasteiger partial charge on any atom is -0.391 e. The van der Waals surface area contributed by atoms with E-state index in [4.69, 9.17) is 5.11 Å². The van der Waals surface area contributed by atoms with Gasteiger partial charge in [0.1, 0.15) is 12.6 Å². The van der Waals surface area contributed by atoms with Gasteiger partial charge in [-0.1, -0.05) is 17.9 Å². The molecule has 0 aliphatic rings. The number of aliphatic hydroxyl groups excluding tert-OH is 2. The summed E-state index contributed by atoms with van der Waals surface area (Å²) in [7, 11) is 0. The third kappa shape index (κ3) is 6.28. The Bertz CT molecular complexity index is 1070. The predicted octanol–water partition coefficient (Wildman–Crippen LogP) is 1.04. The highest BCUT2D eigenvalue weighted by Gasteiger charge is 2.25. The standard InChI is InChI=1S/C22H18N2O6/c1-15(26)21(20(27)14-25)23-22(28)18-11-9-16(10-12-18)5-2-3-6-17-7-4-8-19(13-17)24(29)30/h4,7-13,15,21,25-26H,14H2,1H3,(H,23,28)/t15-,21+/m1/s1. The fourth-order valence-electron chi connectivity index (χ4n) is 2.40. The Kier molecular flexibility index (Phi) is 7.83. The molecule has 2 aromatic rings. The van der Waals surface area contributed by atoms with E-state index in [9.17, 15) is 24.8 Å². The Balaban J connectivity index is 2.06. The van der Waals surface area contributed by atoms with Crippen molar-refractivity contribution in [3.8, 4) is 23.7 Å². The summed E-state index contributed by atoms with van der Waals surface area (Å²) in [4.78, 5) is 34.1. The molecule has 2 atom stereocenters. The third-order valence-corrected chi connectivity index (χ3v) is 3.95. The van der Waals surface area contributed by atoms with Crippen molar-refractivity contribution in [3.05, 3.63) is 75.3 Å². The summed E-state index contributed by atoms with van der Waals surface area (Å²) in [6.07, 6.45) is -1.15. The summed E-state index contributed by atoms with van der Waals surface area (Å²) in [5, 5.41) is 31.6. The van der Waals surface area contributed by atoms with Crippen LogP contribution in [0.1, 0.15) is 28.4 Å². The first-order valence-electron chi connectivity index (χ1n) is 8.81. The van der Waals surface area contributed by atoms with E-state index in [0.717, 1.165) is 0 Å². The van der Waals surface area contributed by atoms with Crippen molar-refractivity contribution in [1.29, 1.82) is 0 Å². The van der Waals surface area contributed by atoms with Gasteiger partial charge in [-0.05, 0) is 49.1 Å². The van der Waals surface area contributed by atoms with Gasteiger partial charge in [-0.2, -0.15) is 0 Å². The van der Waals surface area contributed by atoms with Gasteiger partial charge in [0.25, 0.3) is 11.6 Å². The lowest BCUT2D eigenvalue weighted by molar-refractivity contribution is -0.384. The largest absolute Gasteiger partial charge is 0.391 e. The molecule has 8 nitrogen and oxygen atoms in total. The molecule has 2 rings (SSSR count). The van der Waals surface area contributed by atoms with E-state index >= 15 is 0 Å². The minimum atomic E-state index is -1.20. The van der Waals surface area contributed by atoms with Gasteiger partial charge in [-0.15, -0.1) is 0 Å². The number of nitrogens with one attached hydrogen (secondary N) is 1. The number of nitro benzene ring substituents is 1. The number of benzene rings is 2. The smallest absolute Gasteiger partial charge is 0.270 e. The quantitative estimate of drug-likeness (QED) is 0.373. The molecule has 0 bridgehead atoms. The Hall–Kier alpha value is -3.98. The summed E-state index contributed by atoms with van der Waals surface area (Å²) < 4.78 is 0. The second kappa shape index (κ2) is 10.5. The van der Waals surface area contributed by atoms with Crippen LogP contribution in [0, 0.1) is 33.8 Å². The van der Waals surface area contributed by atoms with Crippen LogP contribution in [0.3, 0.4) is 0 Å². The lowest BCUT2D eigenvalue weighted by Gasteiger charge is -2.19. The number of ketones is 1. The van der Waals surface area contributed by atoms with Gasteiger partial charge in [0.2, 0.25) is 0 Å². The Morgan fingerprint density at radius 1 is 1.10 bits per heavy atom. The van der Waals surface area contributed by atoms with Crippen LogP contribution < -0.4 is 5.32 Å². The van der Waals surface area contributed by atoms with Crippen LogP contribution >= 0.6 is 0 Å². The predicted molar refractivity (Wildman–Crippen MR) is 108 cm³/mol. The molecular weight excluding hydrogens is 388 g/mol. The Labute approximate surface area is 172 Å². The molecular formula is C22H18N2O6. The molecule has 0 aliphatic heterocycles. The molecule has 0 saturated carbocycles. The number of hydrogen-bond acceptors (Lipinski definition) is 6. The maximum Gasteiger partial charge on any atom is 0.270 e. The van der Waals surface area contributed by atoms with Crippen molar-refractivity contribution in [2.45, 2.75) is 19.1 Å². The minimum absolute atomic E-state index is 0.0536. The summed E-state index contributed by atoms with van der Waals surface area (Å²) in [5.74, 6) is 9.48. The third-order valence-electron chi connectivity index (χ3n) is 3.95. The first-order valence-corrected chi connectivity index (χ1v) is 8.81. The number of nitrogens with zero attached hydrogens (tertiary/aromatic N) is 1. The van der Waals surface area contributed by atoms with Crippen molar-refractivity contribution >= 4 is 17.4 Å². The first-order chi connectivity index (χ1) is 14.3. The number of non-ortho nitro benzene ring substituents is 1. The molecule has 3 N–H and O–H groups in total. The zero-order valence-electron chi connectivity index (χ0n) is 16.0. The average molecular weight is 406 g/mol. The second-order valence-corrected chi connectivity index (χ2v) is 6.20. The van der Waals surface area contributed by atoms with Crippen molar-refractivity contribution < 1.29 is 24.7 Å². The van der Waals surface area contributed by atoms with Crippen molar-refractivity contribution in [2.75, 3.05) is 6.61 Å². The van der Waals surface area contributed by atoms with E-state index in [2.05, 4.69) is 29.0 Å². The lowest BCUT2D eigenvalue weighted by atomic mass is 10.1. The molecule has 0 fully saturated rings. The van der Waals surface area contributed by atoms with Crippen molar-refractivity contribution in [2.24, 2.45) is 0 Å². The number of aliphatic hydroxyl groups is 2. The number of hydrogen-bond donors (Lipinski definition) is 3. The van der Waals surface area contributed by atoms with Crippen LogP contribution in [0.15, 0.2) is 48.5 Å². The van der Waals surface area contributed by atoms with Gasteiger partial charge < -0.3 is 15.5 Å². The normalized spacial score (nSPS) is 11.7. The van der Waals surface area contributed by atoms with Gasteiger partial charge in [-0.25, -0.2) is 0 Å². The molecule has 152 valence electrons. The number of rotatable bonds is 6. The first kappa shape index (κ1) is 22.3. The highest BCUT2D eigenvalue weighted by molar-refractivity contribution is 5.98. The number of Topliss-reactive ketones (excluding diaryl/α,β-unsaturated/α-hetero) is 1. The lowest BCUT2D eigenvalue weighted by Crippen LogP contribution is -2.48. The van der Waals surface area contributed by atoms with E-state index in [1.165, 1.54) is 37.3 Å². The van der Waals surface area contributed by atoms with Crippen LogP contribution in [0.5, 0.6) is 0 Å². The molecule has 0 saturated heterocycles. The SMILES string of the molecule is C[C@@H](O)[C@H](NC(=O)c1ccc(C#CC#Cc2cccc([N+](=O)[O-])c2)cc1)C(=O)CO. The number of carbonyl (C=O) groups excluding carboxylic acids is 2. The van der Waals surface area contributed by atoms with Crippen LogP contribution in [-0.4, -0.2) is 45.6 Å². The van der Waals surface area contributed by atoms with Gasteiger partial charge in [0.15, 0.2) is 5.78 Å². The van der Waals surface area contributed by atoms with Crippen LogP contribution in [0.2, 0.25) is 0 Å². The summed E-state index contributed by atoms with van der Waals surface area (Å²) >= 11 is 0. The maximum absolute atomic E-state index is 12.2. The Morgan fingerprint density at radius 3 is 2.30 bits per heavy atom. The molecule has 0 spiro atoms. The van der Waals surface area contributed by atoms with Crippen molar-refractivity contribution in [3.63, 3.8) is 0 Å². The second-order valence-electron chi connectivity index (χ2n) is 6.20. The molecule has 8 heteroatoms. The van der Waals surface area contributed by atoms with Crippen molar-refractivity contribution in [1.82, 2.24) is 5.32 Å². The van der Waals surface area contributed by atoms with E-state index in [0.29, 0.717) is 11.1 Å². The average Bonchev–Trinajstić information content (AvgIpc) is 2.74. The summed E-state index contributed by atoms with van der Waals surface area (Å²) in [6, 6.07) is 10.9. The molecule has 0 unspecified atom stereocenters. The summed E-state index contributed by atoms with van der Waals surface area (Å²) in [6.45, 7) is 0.549. The monoisotopic (exact) mass is 406 g/mol. The number of amides is 1. The van der Waals surface area contributed by atoms with Gasteiger partial charge in [0.05, 0.1) is 11.0 Å². The topological polar surface area (TPSA) is 130 Å². The number of carbonyl (C=O) groups is 2. The highest BCUT2D eigenvalue weighted by atomic mass is 16.6. The van der Waals surface area contributed by atoms with Crippen LogP contribution in [0.25, 0.3) is 0 Å².